The first-order valence-corrected chi connectivity index (χ1v) is 8.63. The molecule has 2 rings (SSSR count). The van der Waals surface area contributed by atoms with Crippen LogP contribution in [0.2, 0.25) is 0 Å². The van der Waals surface area contributed by atoms with Gasteiger partial charge in [-0.15, -0.1) is 0 Å². The summed E-state index contributed by atoms with van der Waals surface area (Å²) in [7, 11) is 0. The predicted octanol–water partition coefficient (Wildman–Crippen LogP) is 2.24. The number of aliphatic hydroxyl groups excluding tert-OH is 1. The van der Waals surface area contributed by atoms with E-state index in [0.29, 0.717) is 6.54 Å². The summed E-state index contributed by atoms with van der Waals surface area (Å²) in [6, 6.07) is 7.82. The van der Waals surface area contributed by atoms with Crippen LogP contribution in [0.15, 0.2) is 24.3 Å². The van der Waals surface area contributed by atoms with Crippen molar-refractivity contribution in [1.82, 2.24) is 15.5 Å². The Morgan fingerprint density at radius 2 is 1.83 bits per heavy atom. The van der Waals surface area contributed by atoms with E-state index in [4.69, 9.17) is 5.11 Å². The van der Waals surface area contributed by atoms with E-state index in [1.165, 1.54) is 31.2 Å². The summed E-state index contributed by atoms with van der Waals surface area (Å²) < 4.78 is 0. The molecule has 23 heavy (non-hydrogen) atoms. The van der Waals surface area contributed by atoms with E-state index in [-0.39, 0.29) is 18.7 Å². The Labute approximate surface area is 139 Å². The van der Waals surface area contributed by atoms with Crippen molar-refractivity contribution in [3.63, 3.8) is 0 Å². The molecule has 1 heterocycles. The van der Waals surface area contributed by atoms with Gasteiger partial charge in [0.1, 0.15) is 0 Å². The first kappa shape index (κ1) is 17.8. The molecular weight excluding hydrogens is 290 g/mol. The van der Waals surface area contributed by atoms with Crippen LogP contribution in [0.4, 0.5) is 4.79 Å². The lowest BCUT2D eigenvalue weighted by Crippen LogP contribution is -2.42. The Balaban J connectivity index is 1.90. The van der Waals surface area contributed by atoms with Gasteiger partial charge in [0, 0.05) is 13.1 Å². The van der Waals surface area contributed by atoms with Gasteiger partial charge in [-0.1, -0.05) is 37.1 Å². The molecule has 5 heteroatoms. The van der Waals surface area contributed by atoms with Crippen molar-refractivity contribution in [3.05, 3.63) is 35.4 Å². The lowest BCUT2D eigenvalue weighted by molar-refractivity contribution is 0.220. The van der Waals surface area contributed by atoms with Gasteiger partial charge in [0.25, 0.3) is 0 Å². The van der Waals surface area contributed by atoms with Crippen molar-refractivity contribution in [1.29, 1.82) is 0 Å². The van der Waals surface area contributed by atoms with Crippen LogP contribution in [0, 0.1) is 0 Å². The number of urea groups is 1. The molecule has 1 unspecified atom stereocenters. The summed E-state index contributed by atoms with van der Waals surface area (Å²) in [6.45, 7) is 5.50. The van der Waals surface area contributed by atoms with E-state index < -0.39 is 0 Å². The summed E-state index contributed by atoms with van der Waals surface area (Å²) in [5.74, 6) is 0. The van der Waals surface area contributed by atoms with E-state index in [9.17, 15) is 4.79 Å². The van der Waals surface area contributed by atoms with E-state index >= 15 is 0 Å². The molecule has 1 fully saturated rings. The summed E-state index contributed by atoms with van der Waals surface area (Å²) in [5.41, 5.74) is 2.44. The van der Waals surface area contributed by atoms with E-state index in [2.05, 4.69) is 33.7 Å². The molecule has 0 spiro atoms. The molecule has 1 aliphatic heterocycles. The Bertz CT molecular complexity index is 485. The molecule has 0 aromatic heterocycles. The fourth-order valence-electron chi connectivity index (χ4n) is 2.92. The number of carbonyl (C=O) groups is 1. The molecule has 1 aliphatic rings. The van der Waals surface area contributed by atoms with Gasteiger partial charge in [-0.05, 0) is 44.0 Å². The molecule has 5 nitrogen and oxygen atoms in total. The lowest BCUT2D eigenvalue weighted by atomic mass is 10.1. The predicted molar refractivity (Wildman–Crippen MR) is 92.1 cm³/mol. The highest BCUT2D eigenvalue weighted by atomic mass is 16.3. The number of aliphatic hydroxyl groups is 1. The van der Waals surface area contributed by atoms with Gasteiger partial charge in [0.15, 0.2) is 0 Å². The molecule has 0 saturated carbocycles. The normalized spacial score (nSPS) is 17.3. The van der Waals surface area contributed by atoms with Crippen molar-refractivity contribution < 1.29 is 9.90 Å². The zero-order valence-electron chi connectivity index (χ0n) is 14.1. The van der Waals surface area contributed by atoms with Crippen LogP contribution in [0.1, 0.15) is 43.7 Å². The van der Waals surface area contributed by atoms with Gasteiger partial charge in [0.2, 0.25) is 0 Å². The molecule has 1 atom stereocenters. The van der Waals surface area contributed by atoms with Crippen LogP contribution in [0.25, 0.3) is 0 Å². The molecule has 1 aromatic rings. The number of hydrogen-bond donors (Lipinski definition) is 3. The number of rotatable bonds is 6. The van der Waals surface area contributed by atoms with Gasteiger partial charge < -0.3 is 15.7 Å². The van der Waals surface area contributed by atoms with E-state index in [1.807, 2.05) is 6.07 Å². The second kappa shape index (κ2) is 9.53. The number of hydrogen-bond acceptors (Lipinski definition) is 3. The maximum atomic E-state index is 11.8. The molecule has 1 saturated heterocycles. The standard InChI is InChI=1S/C18H29N3O2/c1-15(14-22)20-18(23)19-12-16-8-4-5-9-17(16)13-21-10-6-2-3-7-11-21/h4-5,8-9,15,22H,2-3,6-7,10-14H2,1H3,(H2,19,20,23). The minimum absolute atomic E-state index is 0.0566. The molecule has 3 N–H and O–H groups in total. The minimum atomic E-state index is -0.240. The molecule has 0 aliphatic carbocycles. The number of nitrogens with zero attached hydrogens (tertiary/aromatic N) is 1. The number of benzene rings is 1. The Kier molecular flexibility index (Phi) is 7.36. The highest BCUT2D eigenvalue weighted by Gasteiger charge is 2.12. The third-order valence-electron chi connectivity index (χ3n) is 4.30. The van der Waals surface area contributed by atoms with Gasteiger partial charge in [-0.2, -0.15) is 0 Å². The molecule has 128 valence electrons. The van der Waals surface area contributed by atoms with Crippen LogP contribution in [-0.4, -0.2) is 41.8 Å². The Morgan fingerprint density at radius 3 is 2.48 bits per heavy atom. The number of likely N-dealkylation sites (tertiary alicyclic amines) is 1. The molecule has 0 bridgehead atoms. The number of amides is 2. The smallest absolute Gasteiger partial charge is 0.315 e. The van der Waals surface area contributed by atoms with Crippen LogP contribution < -0.4 is 10.6 Å². The van der Waals surface area contributed by atoms with Crippen LogP contribution in [-0.2, 0) is 13.1 Å². The fourth-order valence-corrected chi connectivity index (χ4v) is 2.92. The zero-order valence-corrected chi connectivity index (χ0v) is 14.1. The van der Waals surface area contributed by atoms with Crippen molar-refractivity contribution in [2.24, 2.45) is 0 Å². The Morgan fingerprint density at radius 1 is 1.17 bits per heavy atom. The monoisotopic (exact) mass is 319 g/mol. The lowest BCUT2D eigenvalue weighted by Gasteiger charge is -2.22. The van der Waals surface area contributed by atoms with Crippen molar-refractivity contribution in [3.8, 4) is 0 Å². The van der Waals surface area contributed by atoms with Gasteiger partial charge in [-0.3, -0.25) is 4.90 Å². The quantitative estimate of drug-likeness (QED) is 0.753. The van der Waals surface area contributed by atoms with Crippen LogP contribution in [0.3, 0.4) is 0 Å². The van der Waals surface area contributed by atoms with Crippen molar-refractivity contribution >= 4 is 6.03 Å². The molecule has 1 aromatic carbocycles. The SMILES string of the molecule is CC(CO)NC(=O)NCc1ccccc1CN1CCCCCC1. The minimum Gasteiger partial charge on any atom is -0.394 e. The summed E-state index contributed by atoms with van der Waals surface area (Å²) in [6.07, 6.45) is 5.23. The van der Waals surface area contributed by atoms with Crippen LogP contribution >= 0.6 is 0 Å². The highest BCUT2D eigenvalue weighted by Crippen LogP contribution is 2.16. The average Bonchev–Trinajstić information content (AvgIpc) is 2.82. The second-order valence-electron chi connectivity index (χ2n) is 6.37. The zero-order chi connectivity index (χ0) is 16.5. The maximum absolute atomic E-state index is 11.8. The Hall–Kier alpha value is -1.59. The summed E-state index contributed by atoms with van der Waals surface area (Å²) in [5, 5.41) is 14.5. The van der Waals surface area contributed by atoms with Gasteiger partial charge in [-0.25, -0.2) is 4.79 Å². The van der Waals surface area contributed by atoms with E-state index in [0.717, 1.165) is 25.2 Å². The highest BCUT2D eigenvalue weighted by molar-refractivity contribution is 5.74. The largest absolute Gasteiger partial charge is 0.394 e. The molecule has 2 amide bonds. The topological polar surface area (TPSA) is 64.6 Å². The van der Waals surface area contributed by atoms with Crippen molar-refractivity contribution in [2.45, 2.75) is 51.7 Å². The third kappa shape index (κ3) is 6.20. The van der Waals surface area contributed by atoms with Gasteiger partial charge >= 0.3 is 6.03 Å². The summed E-state index contributed by atoms with van der Waals surface area (Å²) >= 11 is 0. The van der Waals surface area contributed by atoms with Gasteiger partial charge in [0.05, 0.1) is 12.6 Å². The van der Waals surface area contributed by atoms with Crippen LogP contribution in [0.5, 0.6) is 0 Å². The molecule has 0 radical (unpaired) electrons. The first-order chi connectivity index (χ1) is 11.2. The molecular formula is C18H29N3O2. The second-order valence-corrected chi connectivity index (χ2v) is 6.37. The third-order valence-corrected chi connectivity index (χ3v) is 4.30. The maximum Gasteiger partial charge on any atom is 0.315 e. The van der Waals surface area contributed by atoms with Crippen molar-refractivity contribution in [2.75, 3.05) is 19.7 Å². The summed E-state index contributed by atoms with van der Waals surface area (Å²) in [4.78, 5) is 14.3. The fraction of sp³-hybridized carbons (Fsp3) is 0.611. The number of carbonyl (C=O) groups excluding carboxylic acids is 1. The first-order valence-electron chi connectivity index (χ1n) is 8.63. The van der Waals surface area contributed by atoms with E-state index in [1.54, 1.807) is 6.92 Å². The average molecular weight is 319 g/mol. The number of nitrogens with one attached hydrogen (secondary N) is 2.